The highest BCUT2D eigenvalue weighted by Crippen LogP contribution is 2.18. The molecule has 0 aliphatic rings. The van der Waals surface area contributed by atoms with Gasteiger partial charge in [0.2, 0.25) is 0 Å². The van der Waals surface area contributed by atoms with Gasteiger partial charge in [0.25, 0.3) is 0 Å². The number of ether oxygens (including phenoxy) is 2. The fraction of sp³-hybridized carbons (Fsp3) is 0.364. The van der Waals surface area contributed by atoms with Crippen LogP contribution in [0.1, 0.15) is 51.4 Å². The predicted octanol–water partition coefficient (Wildman–Crippen LogP) is 6.84. The molecule has 0 aromatic heterocycles. The number of esters is 2. The van der Waals surface area contributed by atoms with Gasteiger partial charge >= 0.3 is 11.9 Å². The van der Waals surface area contributed by atoms with Gasteiger partial charge in [0.1, 0.15) is 11.5 Å². The Morgan fingerprint density at radius 1 is 0.571 bits per heavy atom. The molecule has 2 aromatic carbocycles. The van der Waals surface area contributed by atoms with Crippen LogP contribution >= 0.6 is 31.9 Å². The van der Waals surface area contributed by atoms with Gasteiger partial charge in [-0.25, -0.2) is 0 Å². The van der Waals surface area contributed by atoms with Crippen LogP contribution in [0, 0.1) is 0 Å². The number of carbonyl (C=O) groups excluding carboxylic acids is 2. The Labute approximate surface area is 182 Å². The van der Waals surface area contributed by atoms with Crippen LogP contribution in [0.3, 0.4) is 0 Å². The SMILES string of the molecule is O=C(CCCCCCCCC(=O)Oc1ccc(Br)cc1)Oc1ccc(Br)cc1. The average molecular weight is 512 g/mol. The molecule has 0 unspecified atom stereocenters. The van der Waals surface area contributed by atoms with Gasteiger partial charge < -0.3 is 9.47 Å². The van der Waals surface area contributed by atoms with Crippen LogP contribution in [0.25, 0.3) is 0 Å². The van der Waals surface area contributed by atoms with Crippen molar-refractivity contribution in [2.75, 3.05) is 0 Å². The number of rotatable bonds is 11. The number of benzene rings is 2. The van der Waals surface area contributed by atoms with E-state index in [9.17, 15) is 9.59 Å². The van der Waals surface area contributed by atoms with E-state index in [4.69, 9.17) is 9.47 Å². The second kappa shape index (κ2) is 12.7. The highest BCUT2D eigenvalue weighted by Gasteiger charge is 2.06. The van der Waals surface area contributed by atoms with Crippen molar-refractivity contribution in [3.05, 3.63) is 57.5 Å². The molecule has 0 saturated carbocycles. The van der Waals surface area contributed by atoms with Crippen molar-refractivity contribution in [3.8, 4) is 11.5 Å². The summed E-state index contributed by atoms with van der Waals surface area (Å²) in [6.07, 6.45) is 6.56. The van der Waals surface area contributed by atoms with Crippen molar-refractivity contribution in [1.29, 1.82) is 0 Å². The van der Waals surface area contributed by atoms with E-state index < -0.39 is 0 Å². The molecular weight excluding hydrogens is 488 g/mol. The van der Waals surface area contributed by atoms with Crippen molar-refractivity contribution in [1.82, 2.24) is 0 Å². The summed E-state index contributed by atoms with van der Waals surface area (Å²) in [5, 5.41) is 0. The first-order valence-electron chi connectivity index (χ1n) is 9.45. The fourth-order valence-electron chi connectivity index (χ4n) is 2.62. The van der Waals surface area contributed by atoms with Gasteiger partial charge in [-0.05, 0) is 61.4 Å². The van der Waals surface area contributed by atoms with Gasteiger partial charge in [-0.15, -0.1) is 0 Å². The van der Waals surface area contributed by atoms with Gasteiger partial charge in [0.05, 0.1) is 0 Å². The number of hydrogen-bond donors (Lipinski definition) is 0. The Bertz CT molecular complexity index is 677. The summed E-state index contributed by atoms with van der Waals surface area (Å²) in [4.78, 5) is 23.6. The summed E-state index contributed by atoms with van der Waals surface area (Å²) in [7, 11) is 0. The quantitative estimate of drug-likeness (QED) is 0.188. The number of halogens is 2. The molecule has 0 fully saturated rings. The van der Waals surface area contributed by atoms with E-state index in [2.05, 4.69) is 31.9 Å². The monoisotopic (exact) mass is 510 g/mol. The van der Waals surface area contributed by atoms with Crippen molar-refractivity contribution in [2.24, 2.45) is 0 Å². The van der Waals surface area contributed by atoms with Crippen molar-refractivity contribution in [2.45, 2.75) is 51.4 Å². The minimum Gasteiger partial charge on any atom is -0.427 e. The van der Waals surface area contributed by atoms with Crippen LogP contribution in [-0.2, 0) is 9.59 Å². The molecule has 0 bridgehead atoms. The highest BCUT2D eigenvalue weighted by molar-refractivity contribution is 9.10. The number of unbranched alkanes of at least 4 members (excludes halogenated alkanes) is 5. The molecule has 150 valence electrons. The third-order valence-corrected chi connectivity index (χ3v) is 5.16. The van der Waals surface area contributed by atoms with Crippen molar-refractivity contribution < 1.29 is 19.1 Å². The fourth-order valence-corrected chi connectivity index (χ4v) is 3.14. The lowest BCUT2D eigenvalue weighted by Gasteiger charge is -2.05. The van der Waals surface area contributed by atoms with E-state index in [-0.39, 0.29) is 11.9 Å². The molecule has 0 amide bonds. The lowest BCUT2D eigenvalue weighted by Crippen LogP contribution is -2.07. The molecular formula is C22H24Br2O4. The summed E-state index contributed by atoms with van der Waals surface area (Å²) in [6, 6.07) is 14.4. The van der Waals surface area contributed by atoms with Crippen LogP contribution in [0.5, 0.6) is 11.5 Å². The first kappa shape index (κ1) is 22.6. The molecule has 0 spiro atoms. The molecule has 28 heavy (non-hydrogen) atoms. The second-order valence-corrected chi connectivity index (χ2v) is 8.31. The van der Waals surface area contributed by atoms with Crippen molar-refractivity contribution >= 4 is 43.8 Å². The Hall–Kier alpha value is -1.66. The Morgan fingerprint density at radius 3 is 1.25 bits per heavy atom. The van der Waals surface area contributed by atoms with Gasteiger partial charge in [-0.3, -0.25) is 9.59 Å². The Morgan fingerprint density at radius 2 is 0.893 bits per heavy atom. The lowest BCUT2D eigenvalue weighted by molar-refractivity contribution is -0.135. The zero-order valence-electron chi connectivity index (χ0n) is 15.7. The maximum absolute atomic E-state index is 11.8. The van der Waals surface area contributed by atoms with Crippen LogP contribution in [0.4, 0.5) is 0 Å². The standard InChI is InChI=1S/C22H24Br2O4/c23-17-9-13-19(14-10-17)27-21(25)7-5-3-1-2-4-6-8-22(26)28-20-15-11-18(24)12-16-20/h9-16H,1-8H2. The maximum atomic E-state index is 11.8. The Balaban J connectivity index is 1.45. The smallest absolute Gasteiger partial charge is 0.311 e. The van der Waals surface area contributed by atoms with Crippen LogP contribution in [-0.4, -0.2) is 11.9 Å². The molecule has 2 aromatic rings. The summed E-state index contributed by atoms with van der Waals surface area (Å²) >= 11 is 6.69. The van der Waals surface area contributed by atoms with E-state index >= 15 is 0 Å². The second-order valence-electron chi connectivity index (χ2n) is 6.48. The third-order valence-electron chi connectivity index (χ3n) is 4.10. The molecule has 4 nitrogen and oxygen atoms in total. The molecule has 0 atom stereocenters. The van der Waals surface area contributed by atoms with Crippen LogP contribution < -0.4 is 9.47 Å². The normalized spacial score (nSPS) is 10.5. The molecule has 0 aliphatic carbocycles. The van der Waals surface area contributed by atoms with E-state index in [1.165, 1.54) is 0 Å². The minimum absolute atomic E-state index is 0.196. The van der Waals surface area contributed by atoms with E-state index in [0.717, 1.165) is 47.5 Å². The van der Waals surface area contributed by atoms with Crippen LogP contribution in [0.15, 0.2) is 57.5 Å². The molecule has 0 radical (unpaired) electrons. The first-order chi connectivity index (χ1) is 13.5. The largest absolute Gasteiger partial charge is 0.427 e. The van der Waals surface area contributed by atoms with E-state index in [1.807, 2.05) is 24.3 Å². The lowest BCUT2D eigenvalue weighted by atomic mass is 10.1. The van der Waals surface area contributed by atoms with Gasteiger partial charge in [0, 0.05) is 21.8 Å². The van der Waals surface area contributed by atoms with E-state index in [0.29, 0.717) is 24.3 Å². The molecule has 0 N–H and O–H groups in total. The maximum Gasteiger partial charge on any atom is 0.311 e. The zero-order valence-corrected chi connectivity index (χ0v) is 18.8. The summed E-state index contributed by atoms with van der Waals surface area (Å²) in [5.74, 6) is 0.752. The third kappa shape index (κ3) is 9.51. The van der Waals surface area contributed by atoms with Gasteiger partial charge in [0.15, 0.2) is 0 Å². The topological polar surface area (TPSA) is 52.6 Å². The van der Waals surface area contributed by atoms with Crippen LogP contribution in [0.2, 0.25) is 0 Å². The van der Waals surface area contributed by atoms with Gasteiger partial charge in [-0.2, -0.15) is 0 Å². The summed E-state index contributed by atoms with van der Waals surface area (Å²) in [5.41, 5.74) is 0. The number of carbonyl (C=O) groups is 2. The summed E-state index contributed by atoms with van der Waals surface area (Å²) < 4.78 is 12.5. The summed E-state index contributed by atoms with van der Waals surface area (Å²) in [6.45, 7) is 0. The van der Waals surface area contributed by atoms with Crippen molar-refractivity contribution in [3.63, 3.8) is 0 Å². The first-order valence-corrected chi connectivity index (χ1v) is 11.0. The van der Waals surface area contributed by atoms with Gasteiger partial charge in [-0.1, -0.05) is 57.5 Å². The highest BCUT2D eigenvalue weighted by atomic mass is 79.9. The van der Waals surface area contributed by atoms with E-state index in [1.54, 1.807) is 24.3 Å². The Kier molecular flexibility index (Phi) is 10.3. The molecule has 0 heterocycles. The molecule has 2 rings (SSSR count). The number of hydrogen-bond acceptors (Lipinski definition) is 4. The zero-order chi connectivity index (χ0) is 20.2. The molecule has 0 aliphatic heterocycles. The minimum atomic E-state index is -0.196. The average Bonchev–Trinajstić information content (AvgIpc) is 2.67. The predicted molar refractivity (Wildman–Crippen MR) is 116 cm³/mol. The molecule has 6 heteroatoms. The molecule has 0 saturated heterocycles.